The third-order valence-electron chi connectivity index (χ3n) is 2.68. The third kappa shape index (κ3) is 1.74. The molecule has 1 aliphatic heterocycles. The predicted molar refractivity (Wildman–Crippen MR) is 61.3 cm³/mol. The summed E-state index contributed by atoms with van der Waals surface area (Å²) >= 11 is 1.80. The Morgan fingerprint density at radius 1 is 1.36 bits per heavy atom. The van der Waals surface area contributed by atoms with Gasteiger partial charge in [-0.25, -0.2) is 0 Å². The molecule has 2 nitrogen and oxygen atoms in total. The maximum Gasteiger partial charge on any atom is 0.101 e. The van der Waals surface area contributed by atoms with Gasteiger partial charge in [-0.1, -0.05) is 18.2 Å². The van der Waals surface area contributed by atoms with E-state index in [0.29, 0.717) is 5.69 Å². The van der Waals surface area contributed by atoms with Crippen molar-refractivity contribution in [3.63, 3.8) is 0 Å². The lowest BCUT2D eigenvalue weighted by molar-refractivity contribution is 0.0503. The van der Waals surface area contributed by atoms with E-state index in [0.717, 1.165) is 29.9 Å². The Morgan fingerprint density at radius 2 is 2.14 bits per heavy atom. The van der Waals surface area contributed by atoms with Crippen LogP contribution in [0.15, 0.2) is 24.3 Å². The Hall–Kier alpha value is -0.670. The highest BCUT2D eigenvalue weighted by Gasteiger charge is 2.32. The zero-order valence-corrected chi connectivity index (χ0v) is 8.89. The van der Waals surface area contributed by atoms with Crippen molar-refractivity contribution < 1.29 is 5.11 Å². The number of thioether (sulfide) groups is 1. The van der Waals surface area contributed by atoms with E-state index in [9.17, 15) is 5.11 Å². The lowest BCUT2D eigenvalue weighted by Crippen LogP contribution is -2.32. The molecule has 1 unspecified atom stereocenters. The highest BCUT2D eigenvalue weighted by atomic mass is 32.2. The van der Waals surface area contributed by atoms with Gasteiger partial charge in [0.05, 0.1) is 0 Å². The van der Waals surface area contributed by atoms with Gasteiger partial charge in [0.1, 0.15) is 5.60 Å². The number of hydrogen-bond donors (Lipinski definition) is 2. The van der Waals surface area contributed by atoms with Crippen molar-refractivity contribution in [3.05, 3.63) is 29.8 Å². The highest BCUT2D eigenvalue weighted by Crippen LogP contribution is 2.37. The lowest BCUT2D eigenvalue weighted by Gasteiger charge is -2.32. The molecule has 1 aromatic carbocycles. The average Bonchev–Trinajstić information content (AvgIpc) is 2.19. The van der Waals surface area contributed by atoms with E-state index in [1.165, 1.54) is 0 Å². The molecule has 1 aromatic rings. The summed E-state index contributed by atoms with van der Waals surface area (Å²) in [6.45, 7) is 0. The van der Waals surface area contributed by atoms with Gasteiger partial charge in [0, 0.05) is 17.0 Å². The molecule has 3 heteroatoms. The van der Waals surface area contributed by atoms with Gasteiger partial charge < -0.3 is 10.8 Å². The second kappa shape index (κ2) is 3.83. The van der Waals surface area contributed by atoms with E-state index in [4.69, 9.17) is 5.73 Å². The molecule has 1 heterocycles. The molecule has 0 radical (unpaired) electrons. The minimum atomic E-state index is -0.700. The van der Waals surface area contributed by atoms with Gasteiger partial charge in [-0.05, 0) is 24.7 Å². The van der Waals surface area contributed by atoms with E-state index in [2.05, 4.69) is 0 Å². The van der Waals surface area contributed by atoms with Gasteiger partial charge in [-0.2, -0.15) is 11.8 Å². The van der Waals surface area contributed by atoms with Crippen LogP contribution in [0, 0.1) is 0 Å². The van der Waals surface area contributed by atoms with Gasteiger partial charge in [0.15, 0.2) is 0 Å². The van der Waals surface area contributed by atoms with Crippen LogP contribution in [0.25, 0.3) is 0 Å². The van der Waals surface area contributed by atoms with Gasteiger partial charge in [0.25, 0.3) is 0 Å². The quantitative estimate of drug-likeness (QED) is 0.695. The summed E-state index contributed by atoms with van der Waals surface area (Å²) in [7, 11) is 0. The van der Waals surface area contributed by atoms with Crippen molar-refractivity contribution in [2.75, 3.05) is 17.2 Å². The van der Waals surface area contributed by atoms with Crippen molar-refractivity contribution in [1.82, 2.24) is 0 Å². The molecular formula is C11H15NOS. The molecule has 14 heavy (non-hydrogen) atoms. The van der Waals surface area contributed by atoms with E-state index in [-0.39, 0.29) is 0 Å². The summed E-state index contributed by atoms with van der Waals surface area (Å²) in [5.74, 6) is 1.91. The fraction of sp³-hybridized carbons (Fsp3) is 0.455. The van der Waals surface area contributed by atoms with E-state index < -0.39 is 5.60 Å². The van der Waals surface area contributed by atoms with Crippen LogP contribution in [0.4, 0.5) is 5.69 Å². The van der Waals surface area contributed by atoms with Gasteiger partial charge in [-0.15, -0.1) is 0 Å². The Labute approximate surface area is 88.5 Å². The molecule has 0 spiro atoms. The molecule has 2 rings (SSSR count). The Balaban J connectivity index is 2.32. The molecule has 0 saturated carbocycles. The topological polar surface area (TPSA) is 46.2 Å². The Kier molecular flexibility index (Phi) is 2.70. The summed E-state index contributed by atoms with van der Waals surface area (Å²) in [6.07, 6.45) is 1.89. The summed E-state index contributed by atoms with van der Waals surface area (Å²) < 4.78 is 0. The molecule has 0 aliphatic carbocycles. The monoisotopic (exact) mass is 209 g/mol. The maximum atomic E-state index is 10.4. The van der Waals surface area contributed by atoms with Crippen LogP contribution in [0.1, 0.15) is 18.4 Å². The minimum absolute atomic E-state index is 0.700. The number of rotatable bonds is 1. The molecule has 1 saturated heterocycles. The first-order valence-corrected chi connectivity index (χ1v) is 6.03. The standard InChI is InChI=1S/C11H15NOS/c12-10-5-2-1-4-9(10)11(13)6-3-7-14-8-11/h1-2,4-5,13H,3,6-8,12H2. The lowest BCUT2D eigenvalue weighted by atomic mass is 9.89. The minimum Gasteiger partial charge on any atom is -0.398 e. The first-order chi connectivity index (χ1) is 6.72. The summed E-state index contributed by atoms with van der Waals surface area (Å²) in [4.78, 5) is 0. The third-order valence-corrected chi connectivity index (χ3v) is 3.94. The molecule has 1 atom stereocenters. The van der Waals surface area contributed by atoms with Gasteiger partial charge in [-0.3, -0.25) is 0 Å². The molecule has 1 aliphatic rings. The van der Waals surface area contributed by atoms with Crippen molar-refractivity contribution in [2.24, 2.45) is 0 Å². The molecular weight excluding hydrogens is 194 g/mol. The molecule has 0 bridgehead atoms. The van der Waals surface area contributed by atoms with Gasteiger partial charge >= 0.3 is 0 Å². The average molecular weight is 209 g/mol. The molecule has 3 N–H and O–H groups in total. The predicted octanol–water partition coefficient (Wildman–Crippen LogP) is 1.98. The number of benzene rings is 1. The number of hydrogen-bond acceptors (Lipinski definition) is 3. The smallest absolute Gasteiger partial charge is 0.101 e. The van der Waals surface area contributed by atoms with Crippen molar-refractivity contribution in [2.45, 2.75) is 18.4 Å². The fourth-order valence-corrected chi connectivity index (χ4v) is 3.04. The molecule has 1 fully saturated rings. The maximum absolute atomic E-state index is 10.4. The summed E-state index contributed by atoms with van der Waals surface area (Å²) in [5, 5.41) is 10.4. The zero-order chi connectivity index (χ0) is 10.0. The number of nitrogen functional groups attached to an aromatic ring is 1. The van der Waals surface area contributed by atoms with Crippen LogP contribution in [0.2, 0.25) is 0 Å². The highest BCUT2D eigenvalue weighted by molar-refractivity contribution is 7.99. The largest absolute Gasteiger partial charge is 0.398 e. The van der Waals surface area contributed by atoms with Crippen LogP contribution >= 0.6 is 11.8 Å². The first kappa shape index (κ1) is 9.87. The van der Waals surface area contributed by atoms with Crippen LogP contribution in [0.5, 0.6) is 0 Å². The zero-order valence-electron chi connectivity index (χ0n) is 8.07. The number of anilines is 1. The second-order valence-electron chi connectivity index (χ2n) is 3.77. The SMILES string of the molecule is Nc1ccccc1C1(O)CCCSC1. The van der Waals surface area contributed by atoms with Crippen LogP contribution < -0.4 is 5.73 Å². The van der Waals surface area contributed by atoms with E-state index >= 15 is 0 Å². The van der Waals surface area contributed by atoms with E-state index in [1.54, 1.807) is 11.8 Å². The fourth-order valence-electron chi connectivity index (χ4n) is 1.91. The Bertz CT molecular complexity index is 321. The molecule has 76 valence electrons. The van der Waals surface area contributed by atoms with Gasteiger partial charge in [0.2, 0.25) is 0 Å². The first-order valence-electron chi connectivity index (χ1n) is 4.87. The summed E-state index contributed by atoms with van der Waals surface area (Å²) in [5.41, 5.74) is 6.77. The molecule has 0 amide bonds. The van der Waals surface area contributed by atoms with Crippen molar-refractivity contribution in [3.8, 4) is 0 Å². The molecule has 0 aromatic heterocycles. The number of nitrogens with two attached hydrogens (primary N) is 1. The summed E-state index contributed by atoms with van der Waals surface area (Å²) in [6, 6.07) is 7.62. The van der Waals surface area contributed by atoms with Crippen molar-refractivity contribution in [1.29, 1.82) is 0 Å². The van der Waals surface area contributed by atoms with Crippen LogP contribution in [-0.2, 0) is 5.60 Å². The van der Waals surface area contributed by atoms with Crippen LogP contribution in [0.3, 0.4) is 0 Å². The normalized spacial score (nSPS) is 27.5. The van der Waals surface area contributed by atoms with Crippen molar-refractivity contribution >= 4 is 17.4 Å². The number of aliphatic hydroxyl groups is 1. The van der Waals surface area contributed by atoms with Crippen LogP contribution in [-0.4, -0.2) is 16.6 Å². The second-order valence-corrected chi connectivity index (χ2v) is 4.88. The number of para-hydroxylation sites is 1. The van der Waals surface area contributed by atoms with E-state index in [1.807, 2.05) is 24.3 Å². The Morgan fingerprint density at radius 3 is 2.79 bits per heavy atom.